The molecule has 0 bridgehead atoms. The summed E-state index contributed by atoms with van der Waals surface area (Å²) in [7, 11) is 1.94. The van der Waals surface area contributed by atoms with Crippen LogP contribution in [0.15, 0.2) is 6.33 Å². The fourth-order valence-electron chi connectivity index (χ4n) is 1.74. The summed E-state index contributed by atoms with van der Waals surface area (Å²) in [5.41, 5.74) is 0.268. The number of rotatable bonds is 4. The normalized spacial score (nSPS) is 14.4. The van der Waals surface area contributed by atoms with E-state index in [4.69, 9.17) is 0 Å². The van der Waals surface area contributed by atoms with Gasteiger partial charge in [-0.15, -0.1) is 0 Å². The van der Waals surface area contributed by atoms with E-state index in [1.165, 1.54) is 0 Å². The molecule has 0 radical (unpaired) electrons. The van der Waals surface area contributed by atoms with Crippen LogP contribution in [0.3, 0.4) is 0 Å². The summed E-state index contributed by atoms with van der Waals surface area (Å²) in [6, 6.07) is 0. The van der Waals surface area contributed by atoms with Gasteiger partial charge in [0.25, 0.3) is 0 Å². The Morgan fingerprint density at radius 2 is 2.21 bits per heavy atom. The zero-order valence-corrected chi connectivity index (χ0v) is 10.9. The molecule has 0 aliphatic rings. The fraction of sp³-hybridized carbons (Fsp3) is 0.800. The molecule has 1 rings (SSSR count). The number of hydrogen-bond donors (Lipinski definition) is 0. The number of aryl methyl sites for hydroxylation is 1. The molecule has 1 aromatic rings. The van der Waals surface area contributed by atoms with E-state index in [0.717, 1.165) is 18.7 Å². The molecule has 0 spiro atoms. The Morgan fingerprint density at radius 3 is 2.64 bits per heavy atom. The van der Waals surface area contributed by atoms with Crippen LogP contribution in [0.5, 0.6) is 0 Å². The maximum absolute atomic E-state index is 4.24. The number of hydrogen-bond acceptors (Lipinski definition) is 2. The molecule has 0 aliphatic heterocycles. The van der Waals surface area contributed by atoms with Gasteiger partial charge in [0, 0.05) is 18.3 Å². The van der Waals surface area contributed by atoms with Crippen LogP contribution < -0.4 is 0 Å². The maximum atomic E-state index is 4.24. The minimum Gasteiger partial charge on any atom is -0.253 e. The second kappa shape index (κ2) is 4.43. The Hall–Kier alpha value is -0.380. The molecule has 0 aliphatic carbocycles. The summed E-state index contributed by atoms with van der Waals surface area (Å²) in [5, 5.41) is 4.07. The second-order valence-corrected chi connectivity index (χ2v) is 6.19. The van der Waals surface area contributed by atoms with Crippen molar-refractivity contribution in [3.05, 3.63) is 12.2 Å². The predicted molar refractivity (Wildman–Crippen MR) is 61.5 cm³/mol. The summed E-state index contributed by atoms with van der Waals surface area (Å²) in [6.45, 7) is 6.71. The smallest absolute Gasteiger partial charge is 0.138 e. The van der Waals surface area contributed by atoms with Gasteiger partial charge in [0.1, 0.15) is 12.2 Å². The third-order valence-corrected chi connectivity index (χ3v) is 2.60. The van der Waals surface area contributed by atoms with Crippen molar-refractivity contribution in [3.8, 4) is 0 Å². The predicted octanol–water partition coefficient (Wildman–Crippen LogP) is 2.56. The quantitative estimate of drug-likeness (QED) is 0.779. The monoisotopic (exact) mass is 259 g/mol. The van der Waals surface area contributed by atoms with E-state index in [2.05, 4.69) is 46.8 Å². The first-order valence-corrected chi connectivity index (χ1v) is 5.79. The molecule has 0 N–H and O–H groups in total. The zero-order chi connectivity index (χ0) is 10.8. The molecule has 1 heterocycles. The molecular weight excluding hydrogens is 242 g/mol. The highest BCUT2D eigenvalue weighted by molar-refractivity contribution is 9.09. The number of halogens is 1. The molecule has 1 aromatic heterocycles. The van der Waals surface area contributed by atoms with Crippen LogP contribution in [0.2, 0.25) is 0 Å². The van der Waals surface area contributed by atoms with Crippen LogP contribution >= 0.6 is 15.9 Å². The molecule has 4 heteroatoms. The number of nitrogens with zero attached hydrogens (tertiary/aromatic N) is 3. The van der Waals surface area contributed by atoms with Crippen LogP contribution in [0, 0.1) is 5.41 Å². The molecule has 0 amide bonds. The first-order chi connectivity index (χ1) is 6.41. The van der Waals surface area contributed by atoms with Crippen molar-refractivity contribution in [1.29, 1.82) is 0 Å². The summed E-state index contributed by atoms with van der Waals surface area (Å²) in [4.78, 5) is 4.79. The summed E-state index contributed by atoms with van der Waals surface area (Å²) in [6.07, 6.45) is 3.72. The molecule has 1 unspecified atom stereocenters. The average molecular weight is 260 g/mol. The van der Waals surface area contributed by atoms with Crippen molar-refractivity contribution in [3.63, 3.8) is 0 Å². The van der Waals surface area contributed by atoms with Crippen molar-refractivity contribution in [2.75, 3.05) is 0 Å². The van der Waals surface area contributed by atoms with E-state index in [-0.39, 0.29) is 5.41 Å². The zero-order valence-electron chi connectivity index (χ0n) is 9.29. The molecule has 0 aromatic carbocycles. The summed E-state index contributed by atoms with van der Waals surface area (Å²) in [5.74, 6) is 1.06. The molecule has 14 heavy (non-hydrogen) atoms. The first kappa shape index (κ1) is 11.7. The Bertz CT molecular complexity index is 291. The Balaban J connectivity index is 2.63. The molecular formula is C10H18BrN3. The number of aromatic nitrogens is 3. The van der Waals surface area contributed by atoms with Gasteiger partial charge in [0.15, 0.2) is 0 Å². The molecule has 1 atom stereocenters. The molecule has 0 fully saturated rings. The standard InChI is InChI=1S/C10H18BrN3/c1-8(11)5-10(2,3)6-9-12-7-13-14(9)4/h7-8H,5-6H2,1-4H3. The topological polar surface area (TPSA) is 30.7 Å². The van der Waals surface area contributed by atoms with Crippen LogP contribution in [0.25, 0.3) is 0 Å². The molecule has 0 saturated carbocycles. The highest BCUT2D eigenvalue weighted by Crippen LogP contribution is 2.28. The Kier molecular flexibility index (Phi) is 3.70. The lowest BCUT2D eigenvalue weighted by atomic mass is 9.84. The lowest BCUT2D eigenvalue weighted by molar-refractivity contribution is 0.323. The van der Waals surface area contributed by atoms with Crippen LogP contribution in [-0.4, -0.2) is 19.6 Å². The van der Waals surface area contributed by atoms with Crippen molar-refractivity contribution in [2.45, 2.75) is 38.4 Å². The maximum Gasteiger partial charge on any atom is 0.138 e. The van der Waals surface area contributed by atoms with Gasteiger partial charge in [-0.25, -0.2) is 4.98 Å². The molecule has 3 nitrogen and oxygen atoms in total. The Labute approximate surface area is 94.0 Å². The highest BCUT2D eigenvalue weighted by atomic mass is 79.9. The minimum absolute atomic E-state index is 0.268. The fourth-order valence-corrected chi connectivity index (χ4v) is 2.62. The lowest BCUT2D eigenvalue weighted by Crippen LogP contribution is -2.20. The van der Waals surface area contributed by atoms with Crippen LogP contribution in [0.4, 0.5) is 0 Å². The van der Waals surface area contributed by atoms with Gasteiger partial charge in [0.05, 0.1) is 0 Å². The third-order valence-electron chi connectivity index (χ3n) is 2.28. The van der Waals surface area contributed by atoms with Gasteiger partial charge in [-0.3, -0.25) is 4.68 Å². The van der Waals surface area contributed by atoms with Gasteiger partial charge < -0.3 is 0 Å². The Morgan fingerprint density at radius 1 is 1.57 bits per heavy atom. The van der Waals surface area contributed by atoms with E-state index in [1.54, 1.807) is 6.33 Å². The molecule has 80 valence electrons. The highest BCUT2D eigenvalue weighted by Gasteiger charge is 2.22. The van der Waals surface area contributed by atoms with E-state index >= 15 is 0 Å². The summed E-state index contributed by atoms with van der Waals surface area (Å²) < 4.78 is 1.85. The van der Waals surface area contributed by atoms with E-state index < -0.39 is 0 Å². The average Bonchev–Trinajstić information content (AvgIpc) is 2.32. The summed E-state index contributed by atoms with van der Waals surface area (Å²) >= 11 is 3.59. The van der Waals surface area contributed by atoms with Gasteiger partial charge >= 0.3 is 0 Å². The number of alkyl halides is 1. The van der Waals surface area contributed by atoms with Gasteiger partial charge in [-0.05, 0) is 11.8 Å². The van der Waals surface area contributed by atoms with Crippen LogP contribution in [0.1, 0.15) is 33.0 Å². The second-order valence-electron chi connectivity index (χ2n) is 4.63. The largest absolute Gasteiger partial charge is 0.253 e. The van der Waals surface area contributed by atoms with Crippen LogP contribution in [-0.2, 0) is 13.5 Å². The minimum atomic E-state index is 0.268. The van der Waals surface area contributed by atoms with Crippen molar-refractivity contribution in [2.24, 2.45) is 12.5 Å². The van der Waals surface area contributed by atoms with Gasteiger partial charge in [0.2, 0.25) is 0 Å². The van der Waals surface area contributed by atoms with Crippen molar-refractivity contribution in [1.82, 2.24) is 14.8 Å². The first-order valence-electron chi connectivity index (χ1n) is 4.88. The van der Waals surface area contributed by atoms with Gasteiger partial charge in [-0.2, -0.15) is 5.10 Å². The van der Waals surface area contributed by atoms with E-state index in [9.17, 15) is 0 Å². The lowest BCUT2D eigenvalue weighted by Gasteiger charge is -2.25. The SMILES string of the molecule is CC(Br)CC(C)(C)Cc1ncnn1C. The van der Waals surface area contributed by atoms with E-state index in [1.807, 2.05) is 11.7 Å². The molecule has 0 saturated heterocycles. The van der Waals surface area contributed by atoms with Gasteiger partial charge in [-0.1, -0.05) is 36.7 Å². The van der Waals surface area contributed by atoms with E-state index in [0.29, 0.717) is 4.83 Å². The van der Waals surface area contributed by atoms with Crippen molar-refractivity contribution < 1.29 is 0 Å². The van der Waals surface area contributed by atoms with Crippen molar-refractivity contribution >= 4 is 15.9 Å². The third kappa shape index (κ3) is 3.40.